The lowest BCUT2D eigenvalue weighted by atomic mass is 9.91. The van der Waals surface area contributed by atoms with Crippen LogP contribution in [0.5, 0.6) is 0 Å². The predicted octanol–water partition coefficient (Wildman–Crippen LogP) is 2.25. The van der Waals surface area contributed by atoms with Crippen molar-refractivity contribution in [1.82, 2.24) is 10.6 Å². The normalized spacial score (nSPS) is 19.8. The first-order valence-electron chi connectivity index (χ1n) is 9.01. The smallest absolute Gasteiger partial charge is 0.270 e. The van der Waals surface area contributed by atoms with Crippen molar-refractivity contribution < 1.29 is 14.5 Å². The molecular formula is C18H27ClN4O4S. The summed E-state index contributed by atoms with van der Waals surface area (Å²) < 4.78 is 0. The van der Waals surface area contributed by atoms with Gasteiger partial charge in [0.15, 0.2) is 0 Å². The summed E-state index contributed by atoms with van der Waals surface area (Å²) in [5.41, 5.74) is 5.90. The number of carbonyl (C=O) groups excluding carboxylic acids is 2. The van der Waals surface area contributed by atoms with E-state index in [0.29, 0.717) is 12.2 Å². The van der Waals surface area contributed by atoms with Crippen LogP contribution in [0.25, 0.3) is 0 Å². The van der Waals surface area contributed by atoms with E-state index in [9.17, 15) is 19.7 Å². The van der Waals surface area contributed by atoms with E-state index in [0.717, 1.165) is 25.7 Å². The van der Waals surface area contributed by atoms with Gasteiger partial charge in [0, 0.05) is 29.8 Å². The fourth-order valence-electron chi connectivity index (χ4n) is 3.07. The number of rotatable bonds is 8. The molecular weight excluding hydrogens is 404 g/mol. The molecule has 1 unspecified atom stereocenters. The molecule has 1 aliphatic carbocycles. The third kappa shape index (κ3) is 7.29. The van der Waals surface area contributed by atoms with Crippen molar-refractivity contribution in [2.24, 2.45) is 5.73 Å². The highest BCUT2D eigenvalue weighted by molar-refractivity contribution is 7.98. The van der Waals surface area contributed by atoms with Gasteiger partial charge in [-0.3, -0.25) is 19.7 Å². The quantitative estimate of drug-likeness (QED) is 0.428. The molecule has 2 amide bonds. The SMILES string of the molecule is CSCCC(NC(=O)c1cccc([N+](=O)[O-])c1)C(=O)NC1CCC(N)CC1.Cl. The lowest BCUT2D eigenvalue weighted by Gasteiger charge is -2.28. The number of benzene rings is 1. The van der Waals surface area contributed by atoms with Crippen LogP contribution in [0.1, 0.15) is 42.5 Å². The Bertz CT molecular complexity index is 683. The lowest BCUT2D eigenvalue weighted by molar-refractivity contribution is -0.384. The van der Waals surface area contributed by atoms with Crippen molar-refractivity contribution in [1.29, 1.82) is 0 Å². The summed E-state index contributed by atoms with van der Waals surface area (Å²) >= 11 is 1.59. The van der Waals surface area contributed by atoms with Crippen LogP contribution in [-0.4, -0.2) is 46.9 Å². The largest absolute Gasteiger partial charge is 0.352 e. The molecule has 28 heavy (non-hydrogen) atoms. The van der Waals surface area contributed by atoms with Crippen LogP contribution in [0, 0.1) is 10.1 Å². The van der Waals surface area contributed by atoms with Crippen molar-refractivity contribution in [2.75, 3.05) is 12.0 Å². The van der Waals surface area contributed by atoms with E-state index >= 15 is 0 Å². The summed E-state index contributed by atoms with van der Waals surface area (Å²) in [4.78, 5) is 35.5. The highest BCUT2D eigenvalue weighted by atomic mass is 35.5. The van der Waals surface area contributed by atoms with Gasteiger partial charge in [-0.25, -0.2) is 0 Å². The van der Waals surface area contributed by atoms with Crippen molar-refractivity contribution in [3.05, 3.63) is 39.9 Å². The summed E-state index contributed by atoms with van der Waals surface area (Å²) in [6, 6.07) is 5.07. The van der Waals surface area contributed by atoms with E-state index in [1.165, 1.54) is 24.3 Å². The standard InChI is InChI=1S/C18H26N4O4S.ClH/c1-27-10-9-16(18(24)20-14-7-5-13(19)6-8-14)21-17(23)12-3-2-4-15(11-12)22(25)26;/h2-4,11,13-14,16H,5-10,19H2,1H3,(H,20,24)(H,21,23);1H. The first-order valence-corrected chi connectivity index (χ1v) is 10.4. The molecule has 1 aromatic carbocycles. The maximum absolute atomic E-state index is 12.7. The Morgan fingerprint density at radius 3 is 2.61 bits per heavy atom. The van der Waals surface area contributed by atoms with Crippen molar-refractivity contribution in [3.63, 3.8) is 0 Å². The van der Waals surface area contributed by atoms with E-state index in [1.54, 1.807) is 11.8 Å². The van der Waals surface area contributed by atoms with Gasteiger partial charge in [-0.1, -0.05) is 6.07 Å². The number of nitro benzene ring substituents is 1. The zero-order valence-corrected chi connectivity index (χ0v) is 17.4. The van der Waals surface area contributed by atoms with Crippen LogP contribution < -0.4 is 16.4 Å². The molecule has 4 N–H and O–H groups in total. The number of non-ortho nitro benzene ring substituents is 1. The Balaban J connectivity index is 0.00000392. The van der Waals surface area contributed by atoms with Gasteiger partial charge < -0.3 is 16.4 Å². The monoisotopic (exact) mass is 430 g/mol. The number of hydrogen-bond acceptors (Lipinski definition) is 6. The zero-order chi connectivity index (χ0) is 19.8. The van der Waals surface area contributed by atoms with Crippen LogP contribution in [-0.2, 0) is 4.79 Å². The van der Waals surface area contributed by atoms with E-state index in [-0.39, 0.29) is 41.6 Å². The topological polar surface area (TPSA) is 127 Å². The third-order valence-corrected chi connectivity index (χ3v) is 5.31. The first kappa shape index (κ1) is 24.2. The maximum atomic E-state index is 12.7. The van der Waals surface area contributed by atoms with Crippen LogP contribution in [0.15, 0.2) is 24.3 Å². The summed E-state index contributed by atoms with van der Waals surface area (Å²) in [5, 5.41) is 16.6. The summed E-state index contributed by atoms with van der Waals surface area (Å²) in [6.07, 6.45) is 5.84. The number of nitrogens with one attached hydrogen (secondary N) is 2. The summed E-state index contributed by atoms with van der Waals surface area (Å²) in [5.74, 6) is -0.00281. The predicted molar refractivity (Wildman–Crippen MR) is 113 cm³/mol. The first-order chi connectivity index (χ1) is 12.9. The number of thioether (sulfide) groups is 1. The van der Waals surface area contributed by atoms with Crippen molar-refractivity contribution in [3.8, 4) is 0 Å². The Labute approximate surface area is 174 Å². The minimum Gasteiger partial charge on any atom is -0.352 e. The van der Waals surface area contributed by atoms with Crippen molar-refractivity contribution >= 4 is 41.7 Å². The van der Waals surface area contributed by atoms with Gasteiger partial charge >= 0.3 is 0 Å². The Morgan fingerprint density at radius 2 is 2.00 bits per heavy atom. The molecule has 0 aliphatic heterocycles. The number of halogens is 1. The Morgan fingerprint density at radius 1 is 1.32 bits per heavy atom. The number of nitrogens with zero attached hydrogens (tertiary/aromatic N) is 1. The number of amides is 2. The highest BCUT2D eigenvalue weighted by Gasteiger charge is 2.26. The van der Waals surface area contributed by atoms with E-state index in [2.05, 4.69) is 10.6 Å². The van der Waals surface area contributed by atoms with E-state index in [4.69, 9.17) is 5.73 Å². The van der Waals surface area contributed by atoms with Gasteiger partial charge in [-0.05, 0) is 50.2 Å². The molecule has 156 valence electrons. The minimum absolute atomic E-state index is 0. The molecule has 8 nitrogen and oxygen atoms in total. The van der Waals surface area contributed by atoms with Gasteiger partial charge in [-0.2, -0.15) is 11.8 Å². The fourth-order valence-corrected chi connectivity index (χ4v) is 3.54. The summed E-state index contributed by atoms with van der Waals surface area (Å²) in [7, 11) is 0. The average Bonchev–Trinajstić information content (AvgIpc) is 2.66. The second-order valence-corrected chi connectivity index (χ2v) is 7.72. The molecule has 0 bridgehead atoms. The van der Waals surface area contributed by atoms with Gasteiger partial charge in [0.2, 0.25) is 5.91 Å². The van der Waals surface area contributed by atoms with Crippen LogP contribution >= 0.6 is 24.2 Å². The molecule has 0 saturated heterocycles. The molecule has 1 saturated carbocycles. The molecule has 10 heteroatoms. The van der Waals surface area contributed by atoms with E-state index < -0.39 is 16.9 Å². The second kappa shape index (κ2) is 11.9. The van der Waals surface area contributed by atoms with Gasteiger partial charge in [0.1, 0.15) is 6.04 Å². The molecule has 2 rings (SSSR count). The van der Waals surface area contributed by atoms with Gasteiger partial charge in [0.05, 0.1) is 4.92 Å². The molecule has 1 aliphatic rings. The van der Waals surface area contributed by atoms with Gasteiger partial charge in [0.25, 0.3) is 11.6 Å². The summed E-state index contributed by atoms with van der Waals surface area (Å²) in [6.45, 7) is 0. The Kier molecular flexibility index (Phi) is 10.3. The second-order valence-electron chi connectivity index (χ2n) is 6.74. The van der Waals surface area contributed by atoms with Crippen LogP contribution in [0.4, 0.5) is 5.69 Å². The lowest BCUT2D eigenvalue weighted by Crippen LogP contribution is -2.51. The van der Waals surface area contributed by atoms with Gasteiger partial charge in [-0.15, -0.1) is 12.4 Å². The zero-order valence-electron chi connectivity index (χ0n) is 15.8. The molecule has 0 aromatic heterocycles. The molecule has 1 atom stereocenters. The van der Waals surface area contributed by atoms with Crippen molar-refractivity contribution in [2.45, 2.75) is 50.2 Å². The minimum atomic E-state index is -0.681. The molecule has 1 aromatic rings. The molecule has 0 heterocycles. The average molecular weight is 431 g/mol. The Hall–Kier alpha value is -1.84. The number of carbonyl (C=O) groups is 2. The molecule has 1 fully saturated rings. The third-order valence-electron chi connectivity index (χ3n) is 4.67. The van der Waals surface area contributed by atoms with E-state index in [1.807, 2.05) is 6.26 Å². The highest BCUT2D eigenvalue weighted by Crippen LogP contribution is 2.17. The fraction of sp³-hybridized carbons (Fsp3) is 0.556. The van der Waals surface area contributed by atoms with Crippen LogP contribution in [0.3, 0.4) is 0 Å². The number of nitrogens with two attached hydrogens (primary N) is 1. The number of hydrogen-bond donors (Lipinski definition) is 3. The molecule has 0 radical (unpaired) electrons. The van der Waals surface area contributed by atoms with Crippen LogP contribution in [0.2, 0.25) is 0 Å². The molecule has 0 spiro atoms. The maximum Gasteiger partial charge on any atom is 0.270 e. The number of nitro groups is 1.